The maximum atomic E-state index is 11.4. The molecule has 0 bridgehead atoms. The van der Waals surface area contributed by atoms with Gasteiger partial charge >= 0.3 is 5.97 Å². The molecule has 0 amide bonds. The van der Waals surface area contributed by atoms with Gasteiger partial charge < -0.3 is 10.5 Å². The van der Waals surface area contributed by atoms with Crippen molar-refractivity contribution in [2.24, 2.45) is 5.73 Å². The van der Waals surface area contributed by atoms with Crippen LogP contribution in [0, 0.1) is 0 Å². The maximum Gasteiger partial charge on any atom is 0.322 e. The highest BCUT2D eigenvalue weighted by Crippen LogP contribution is 2.08. The number of ether oxygens (including phenoxy) is 1. The summed E-state index contributed by atoms with van der Waals surface area (Å²) >= 11 is 0. The van der Waals surface area contributed by atoms with Gasteiger partial charge in [-0.05, 0) is 12.0 Å². The predicted octanol–water partition coefficient (Wildman–Crippen LogP) is 1.32. The average molecular weight is 235 g/mol. The fraction of sp³-hybridized carbons (Fsp3) is 0.385. The third kappa shape index (κ3) is 3.67. The standard InChI is InChI=1S/C13H17NO3/c1-3-12(15)10-6-4-9(5-7-10)8-11(14)13(16)17-2/h4-7,11H,3,8,14H2,1-2H3/t11-/m0/s1. The SMILES string of the molecule is CCC(=O)c1ccc(C[C@H](N)C(=O)OC)cc1. The van der Waals surface area contributed by atoms with Crippen LogP contribution in [0.3, 0.4) is 0 Å². The average Bonchev–Trinajstić information content (AvgIpc) is 2.37. The minimum absolute atomic E-state index is 0.105. The predicted molar refractivity (Wildman–Crippen MR) is 64.8 cm³/mol. The number of Topliss-reactive ketones (excluding diaryl/α,β-unsaturated/α-hetero) is 1. The van der Waals surface area contributed by atoms with Crippen LogP contribution in [-0.2, 0) is 16.0 Å². The molecule has 0 spiro atoms. The molecule has 1 atom stereocenters. The van der Waals surface area contributed by atoms with Crippen LogP contribution in [0.4, 0.5) is 0 Å². The number of methoxy groups -OCH3 is 1. The molecule has 2 N–H and O–H groups in total. The maximum absolute atomic E-state index is 11.4. The van der Waals surface area contributed by atoms with Gasteiger partial charge in [0.2, 0.25) is 0 Å². The fourth-order valence-electron chi connectivity index (χ4n) is 1.52. The molecular formula is C13H17NO3. The highest BCUT2D eigenvalue weighted by molar-refractivity contribution is 5.95. The van der Waals surface area contributed by atoms with Gasteiger partial charge in [0.1, 0.15) is 6.04 Å². The first-order chi connectivity index (χ1) is 8.08. The van der Waals surface area contributed by atoms with Gasteiger partial charge in [0, 0.05) is 12.0 Å². The van der Waals surface area contributed by atoms with Crippen molar-refractivity contribution in [3.05, 3.63) is 35.4 Å². The Morgan fingerprint density at radius 3 is 2.35 bits per heavy atom. The Hall–Kier alpha value is -1.68. The molecule has 0 radical (unpaired) electrons. The summed E-state index contributed by atoms with van der Waals surface area (Å²) in [7, 11) is 1.31. The molecule has 1 rings (SSSR count). The molecule has 0 saturated carbocycles. The van der Waals surface area contributed by atoms with Crippen LogP contribution in [-0.4, -0.2) is 24.9 Å². The zero-order valence-corrected chi connectivity index (χ0v) is 10.1. The number of ketones is 1. The van der Waals surface area contributed by atoms with E-state index in [0.29, 0.717) is 18.4 Å². The van der Waals surface area contributed by atoms with Gasteiger partial charge in [0.25, 0.3) is 0 Å². The number of nitrogens with two attached hydrogens (primary N) is 1. The van der Waals surface area contributed by atoms with Gasteiger partial charge in [-0.15, -0.1) is 0 Å². The van der Waals surface area contributed by atoms with E-state index < -0.39 is 12.0 Å². The first kappa shape index (κ1) is 13.4. The number of benzene rings is 1. The molecule has 0 aromatic heterocycles. The van der Waals surface area contributed by atoms with Gasteiger partial charge in [-0.1, -0.05) is 31.2 Å². The zero-order valence-electron chi connectivity index (χ0n) is 10.1. The van der Waals surface area contributed by atoms with E-state index >= 15 is 0 Å². The van der Waals surface area contributed by atoms with Crippen molar-refractivity contribution < 1.29 is 14.3 Å². The number of carbonyl (C=O) groups is 2. The number of hydrogen-bond donors (Lipinski definition) is 1. The summed E-state index contributed by atoms with van der Waals surface area (Å²) in [4.78, 5) is 22.5. The van der Waals surface area contributed by atoms with Crippen LogP contribution in [0.25, 0.3) is 0 Å². The normalized spacial score (nSPS) is 11.9. The van der Waals surface area contributed by atoms with Crippen LogP contribution < -0.4 is 5.73 Å². The molecule has 0 aliphatic heterocycles. The first-order valence-corrected chi connectivity index (χ1v) is 5.54. The molecular weight excluding hydrogens is 218 g/mol. The molecule has 4 heteroatoms. The second kappa shape index (κ2) is 6.15. The van der Waals surface area contributed by atoms with Gasteiger partial charge in [-0.2, -0.15) is 0 Å². The van der Waals surface area contributed by atoms with E-state index in [1.165, 1.54) is 7.11 Å². The Labute approximate surface area is 101 Å². The lowest BCUT2D eigenvalue weighted by Gasteiger charge is -2.09. The van der Waals surface area contributed by atoms with Crippen LogP contribution >= 0.6 is 0 Å². The number of esters is 1. The Kier molecular flexibility index (Phi) is 4.84. The highest BCUT2D eigenvalue weighted by atomic mass is 16.5. The van der Waals surface area contributed by atoms with Crippen LogP contribution in [0.2, 0.25) is 0 Å². The van der Waals surface area contributed by atoms with E-state index in [1.807, 2.05) is 19.1 Å². The minimum Gasteiger partial charge on any atom is -0.468 e. The van der Waals surface area contributed by atoms with Crippen molar-refractivity contribution in [1.82, 2.24) is 0 Å². The molecule has 92 valence electrons. The van der Waals surface area contributed by atoms with E-state index in [1.54, 1.807) is 12.1 Å². The van der Waals surface area contributed by atoms with Crippen molar-refractivity contribution in [2.75, 3.05) is 7.11 Å². The van der Waals surface area contributed by atoms with Crippen LogP contribution in [0.1, 0.15) is 29.3 Å². The number of carbonyl (C=O) groups excluding carboxylic acids is 2. The second-order valence-electron chi connectivity index (χ2n) is 3.81. The van der Waals surface area contributed by atoms with Crippen LogP contribution in [0.5, 0.6) is 0 Å². The van der Waals surface area contributed by atoms with Gasteiger partial charge in [-0.3, -0.25) is 9.59 Å². The monoisotopic (exact) mass is 235 g/mol. The lowest BCUT2D eigenvalue weighted by atomic mass is 10.0. The second-order valence-corrected chi connectivity index (χ2v) is 3.81. The highest BCUT2D eigenvalue weighted by Gasteiger charge is 2.14. The fourth-order valence-corrected chi connectivity index (χ4v) is 1.52. The third-order valence-electron chi connectivity index (χ3n) is 2.56. The summed E-state index contributed by atoms with van der Waals surface area (Å²) in [5, 5.41) is 0. The summed E-state index contributed by atoms with van der Waals surface area (Å²) in [5.41, 5.74) is 7.24. The summed E-state index contributed by atoms with van der Waals surface area (Å²) in [6, 6.07) is 6.47. The number of hydrogen-bond acceptors (Lipinski definition) is 4. The summed E-state index contributed by atoms with van der Waals surface area (Å²) in [6.45, 7) is 1.82. The largest absolute Gasteiger partial charge is 0.468 e. The third-order valence-corrected chi connectivity index (χ3v) is 2.56. The zero-order chi connectivity index (χ0) is 12.8. The van der Waals surface area contributed by atoms with Crippen molar-refractivity contribution >= 4 is 11.8 Å². The van der Waals surface area contributed by atoms with Crippen molar-refractivity contribution in [1.29, 1.82) is 0 Å². The van der Waals surface area contributed by atoms with E-state index in [2.05, 4.69) is 4.74 Å². The minimum atomic E-state index is -0.660. The lowest BCUT2D eigenvalue weighted by Crippen LogP contribution is -2.33. The van der Waals surface area contributed by atoms with E-state index in [4.69, 9.17) is 5.73 Å². The summed E-state index contributed by atoms with van der Waals surface area (Å²) in [6.07, 6.45) is 0.897. The number of rotatable bonds is 5. The van der Waals surface area contributed by atoms with Crippen molar-refractivity contribution in [3.8, 4) is 0 Å². The van der Waals surface area contributed by atoms with E-state index in [-0.39, 0.29) is 5.78 Å². The van der Waals surface area contributed by atoms with Gasteiger partial charge in [0.05, 0.1) is 7.11 Å². The molecule has 0 unspecified atom stereocenters. The van der Waals surface area contributed by atoms with Crippen molar-refractivity contribution in [3.63, 3.8) is 0 Å². The summed E-state index contributed by atoms with van der Waals surface area (Å²) < 4.78 is 4.55. The smallest absolute Gasteiger partial charge is 0.322 e. The van der Waals surface area contributed by atoms with Gasteiger partial charge in [-0.25, -0.2) is 0 Å². The molecule has 0 saturated heterocycles. The Morgan fingerprint density at radius 1 is 1.29 bits per heavy atom. The Bertz CT molecular complexity index is 398. The molecule has 1 aromatic carbocycles. The van der Waals surface area contributed by atoms with Crippen molar-refractivity contribution in [2.45, 2.75) is 25.8 Å². The summed E-state index contributed by atoms with van der Waals surface area (Å²) in [5.74, 6) is -0.326. The molecule has 4 nitrogen and oxygen atoms in total. The topological polar surface area (TPSA) is 69.4 Å². The molecule has 0 aliphatic carbocycles. The Morgan fingerprint density at radius 2 is 1.88 bits per heavy atom. The molecule has 1 aromatic rings. The first-order valence-electron chi connectivity index (χ1n) is 5.54. The van der Waals surface area contributed by atoms with Crippen LogP contribution in [0.15, 0.2) is 24.3 Å². The molecule has 0 fully saturated rings. The molecule has 17 heavy (non-hydrogen) atoms. The lowest BCUT2D eigenvalue weighted by molar-refractivity contribution is -0.142. The van der Waals surface area contributed by atoms with Gasteiger partial charge in [0.15, 0.2) is 5.78 Å². The van der Waals surface area contributed by atoms with E-state index in [0.717, 1.165) is 5.56 Å². The molecule has 0 aliphatic rings. The quantitative estimate of drug-likeness (QED) is 0.617. The Balaban J connectivity index is 2.68. The van der Waals surface area contributed by atoms with E-state index in [9.17, 15) is 9.59 Å². The molecule has 0 heterocycles.